The van der Waals surface area contributed by atoms with E-state index in [1.165, 1.54) is 27.6 Å². The number of benzene rings is 2. The van der Waals surface area contributed by atoms with E-state index in [1.807, 2.05) is 0 Å². The van der Waals surface area contributed by atoms with E-state index in [4.69, 9.17) is 0 Å². The largest absolute Gasteiger partial charge is 0.387 e. The molecule has 0 spiro atoms. The predicted octanol–water partition coefficient (Wildman–Crippen LogP) is 8.06. The molecule has 2 aromatic rings. The van der Waals surface area contributed by atoms with Crippen LogP contribution in [-0.4, -0.2) is 7.05 Å². The highest BCUT2D eigenvalue weighted by molar-refractivity contribution is 5.96. The van der Waals surface area contributed by atoms with Crippen LogP contribution in [0.3, 0.4) is 0 Å². The highest BCUT2D eigenvalue weighted by atomic mass is 14.8. The molecule has 154 valence electrons. The molecule has 2 atom stereocenters. The van der Waals surface area contributed by atoms with Crippen molar-refractivity contribution in [3.63, 3.8) is 0 Å². The summed E-state index contributed by atoms with van der Waals surface area (Å²) < 4.78 is 0. The van der Waals surface area contributed by atoms with E-state index in [0.29, 0.717) is 17.8 Å². The van der Waals surface area contributed by atoms with Gasteiger partial charge in [-0.3, -0.25) is 0 Å². The van der Waals surface area contributed by atoms with Gasteiger partial charge < -0.3 is 5.32 Å². The van der Waals surface area contributed by atoms with E-state index in [0.717, 1.165) is 0 Å². The average Bonchev–Trinajstić information content (AvgIpc) is 2.63. The van der Waals surface area contributed by atoms with Gasteiger partial charge in [0.05, 0.1) is 0 Å². The number of allylic oxidation sites excluding steroid dienone is 2. The number of fused-ring (bicyclic) bond motifs is 1. The Morgan fingerprint density at radius 1 is 0.929 bits per heavy atom. The molecule has 0 bridgehead atoms. The van der Waals surface area contributed by atoms with Crippen LogP contribution in [0.2, 0.25) is 0 Å². The molecule has 0 saturated carbocycles. The molecule has 0 amide bonds. The fourth-order valence-corrected chi connectivity index (χ4v) is 4.21. The van der Waals surface area contributed by atoms with Crippen LogP contribution in [0.1, 0.15) is 67.9 Å². The molecule has 0 aliphatic carbocycles. The van der Waals surface area contributed by atoms with Gasteiger partial charge in [0.1, 0.15) is 0 Å². The monoisotopic (exact) mass is 379 g/mol. The second-order valence-corrected chi connectivity index (χ2v) is 10.4. The van der Waals surface area contributed by atoms with Crippen molar-refractivity contribution in [3.05, 3.63) is 53.6 Å². The van der Waals surface area contributed by atoms with Crippen LogP contribution in [0.5, 0.6) is 0 Å². The summed E-state index contributed by atoms with van der Waals surface area (Å²) in [5, 5.41) is 6.13. The van der Waals surface area contributed by atoms with Crippen molar-refractivity contribution < 1.29 is 0 Å². The Labute approximate surface area is 173 Å². The lowest BCUT2D eigenvalue weighted by Crippen LogP contribution is -2.35. The highest BCUT2D eigenvalue weighted by Crippen LogP contribution is 2.45. The molecule has 1 heteroatoms. The van der Waals surface area contributed by atoms with Crippen LogP contribution < -0.4 is 5.32 Å². The van der Waals surface area contributed by atoms with Gasteiger partial charge in [0, 0.05) is 18.1 Å². The third-order valence-electron chi connectivity index (χ3n) is 6.94. The van der Waals surface area contributed by atoms with Crippen molar-refractivity contribution in [2.75, 3.05) is 12.4 Å². The molecule has 0 radical (unpaired) electrons. The summed E-state index contributed by atoms with van der Waals surface area (Å²) in [7, 11) is 2.05. The number of hydrogen-bond donors (Lipinski definition) is 1. The van der Waals surface area contributed by atoms with Gasteiger partial charge in [-0.2, -0.15) is 0 Å². The summed E-state index contributed by atoms with van der Waals surface area (Å²) in [4.78, 5) is 0. The maximum absolute atomic E-state index is 3.53. The van der Waals surface area contributed by atoms with E-state index in [2.05, 4.69) is 117 Å². The van der Waals surface area contributed by atoms with Gasteiger partial charge in [-0.15, -0.1) is 0 Å². The first-order chi connectivity index (χ1) is 12.9. The van der Waals surface area contributed by atoms with Crippen molar-refractivity contribution in [2.24, 2.45) is 23.2 Å². The Balaban J connectivity index is 2.70. The van der Waals surface area contributed by atoms with Crippen molar-refractivity contribution in [1.29, 1.82) is 0 Å². The molecule has 0 heterocycles. The van der Waals surface area contributed by atoms with E-state index < -0.39 is 0 Å². The lowest BCUT2D eigenvalue weighted by atomic mass is 9.64. The molecule has 0 fully saturated rings. The van der Waals surface area contributed by atoms with Crippen molar-refractivity contribution in [2.45, 2.75) is 67.7 Å². The lowest BCUT2D eigenvalue weighted by Gasteiger charge is -2.41. The molecule has 2 rings (SSSR count). The van der Waals surface area contributed by atoms with Crippen LogP contribution in [0.25, 0.3) is 10.8 Å². The second-order valence-electron chi connectivity index (χ2n) is 10.4. The number of rotatable bonds is 6. The van der Waals surface area contributed by atoms with Crippen LogP contribution >= 0.6 is 0 Å². The molecule has 0 aliphatic heterocycles. The first kappa shape index (κ1) is 22.5. The summed E-state index contributed by atoms with van der Waals surface area (Å²) in [6.07, 6.45) is 2.57. The number of anilines is 1. The Morgan fingerprint density at radius 2 is 1.54 bits per heavy atom. The molecule has 1 nitrogen and oxygen atoms in total. The predicted molar refractivity (Wildman–Crippen MR) is 127 cm³/mol. The Hall–Kier alpha value is -1.76. The maximum Gasteiger partial charge on any atom is 0.0455 e. The first-order valence-corrected chi connectivity index (χ1v) is 10.8. The minimum Gasteiger partial charge on any atom is -0.387 e. The summed E-state index contributed by atoms with van der Waals surface area (Å²) >= 11 is 0. The summed E-state index contributed by atoms with van der Waals surface area (Å²) in [6, 6.07) is 13.3. The van der Waals surface area contributed by atoms with Crippen LogP contribution in [0.15, 0.2) is 48.0 Å². The van der Waals surface area contributed by atoms with Gasteiger partial charge in [0.25, 0.3) is 0 Å². The molecule has 0 unspecified atom stereocenters. The quantitative estimate of drug-likeness (QED) is 0.500. The van der Waals surface area contributed by atoms with Crippen LogP contribution in [0, 0.1) is 23.2 Å². The number of nitrogens with one attached hydrogen (secondary N) is 1. The molecule has 2 aromatic carbocycles. The van der Waals surface area contributed by atoms with E-state index in [9.17, 15) is 0 Å². The zero-order valence-electron chi connectivity index (χ0n) is 19.8. The molecule has 0 aromatic heterocycles. The molecule has 0 aliphatic rings. The minimum atomic E-state index is 0.0125. The van der Waals surface area contributed by atoms with Gasteiger partial charge in [-0.25, -0.2) is 0 Å². The fourth-order valence-electron chi connectivity index (χ4n) is 4.21. The maximum atomic E-state index is 3.53. The smallest absolute Gasteiger partial charge is 0.0455 e. The first-order valence-electron chi connectivity index (χ1n) is 10.8. The van der Waals surface area contributed by atoms with Gasteiger partial charge >= 0.3 is 0 Å². The zero-order valence-corrected chi connectivity index (χ0v) is 19.8. The van der Waals surface area contributed by atoms with Gasteiger partial charge in [-0.1, -0.05) is 103 Å². The molecular weight excluding hydrogens is 338 g/mol. The van der Waals surface area contributed by atoms with E-state index >= 15 is 0 Å². The van der Waals surface area contributed by atoms with Crippen LogP contribution in [0.4, 0.5) is 5.69 Å². The summed E-state index contributed by atoms with van der Waals surface area (Å²) in [6.45, 7) is 21.2. The molecule has 1 N–H and O–H groups in total. The molecular formula is C27H41N. The normalized spacial score (nSPS) is 15.8. The summed E-state index contributed by atoms with van der Waals surface area (Å²) in [5.74, 6) is 1.68. The van der Waals surface area contributed by atoms with Crippen molar-refractivity contribution in [3.8, 4) is 0 Å². The molecule has 0 saturated heterocycles. The van der Waals surface area contributed by atoms with E-state index in [-0.39, 0.29) is 10.8 Å². The number of hydrogen-bond acceptors (Lipinski definition) is 1. The lowest BCUT2D eigenvalue weighted by molar-refractivity contribution is 0.226. The van der Waals surface area contributed by atoms with Gasteiger partial charge in [0.15, 0.2) is 0 Å². The highest BCUT2D eigenvalue weighted by Gasteiger charge is 2.37. The average molecular weight is 380 g/mol. The summed E-state index contributed by atoms with van der Waals surface area (Å²) in [5.41, 5.74) is 4.36. The Morgan fingerprint density at radius 3 is 2.07 bits per heavy atom. The molecule has 28 heavy (non-hydrogen) atoms. The third-order valence-corrected chi connectivity index (χ3v) is 6.94. The van der Waals surface area contributed by atoms with Crippen molar-refractivity contribution in [1.82, 2.24) is 0 Å². The third kappa shape index (κ3) is 4.45. The van der Waals surface area contributed by atoms with Gasteiger partial charge in [-0.05, 0) is 46.5 Å². The SMILES string of the molecule is CNc1c(C(C)(C)[C@@H](/C=C(\C)C(C)(C)C)[C@@H](C)C(C)C)ccc2ccccc12. The zero-order chi connectivity index (χ0) is 21.3. The fraction of sp³-hybridized carbons (Fsp3) is 0.556. The van der Waals surface area contributed by atoms with E-state index in [1.54, 1.807) is 0 Å². The van der Waals surface area contributed by atoms with Crippen molar-refractivity contribution >= 4 is 16.5 Å². The second kappa shape index (κ2) is 8.31. The Kier molecular flexibility index (Phi) is 6.69. The Bertz CT molecular complexity index is 833. The topological polar surface area (TPSA) is 12.0 Å². The minimum absolute atomic E-state index is 0.0125. The van der Waals surface area contributed by atoms with Crippen LogP contribution in [-0.2, 0) is 5.41 Å². The van der Waals surface area contributed by atoms with Gasteiger partial charge in [0.2, 0.25) is 0 Å². The standard InChI is InChI=1S/C27H41N/c1-18(2)20(4)24(17-19(3)26(5,6)7)27(8,9)23-16-15-21-13-11-12-14-22(21)25(23)28-10/h11-18,20,24,28H,1-10H3/b19-17+/t20-,24-/m0/s1.